The molecule has 2 aromatic rings. The molecule has 0 bridgehead atoms. The Hall–Kier alpha value is -2.22. The molecule has 2 heteroatoms. The number of fused-ring (bicyclic) bond motifs is 3. The fourth-order valence-electron chi connectivity index (χ4n) is 5.32. The Morgan fingerprint density at radius 2 is 1.81 bits per heavy atom. The van der Waals surface area contributed by atoms with E-state index in [1.54, 1.807) is 17.7 Å². The van der Waals surface area contributed by atoms with Crippen molar-refractivity contribution in [2.24, 2.45) is 5.92 Å². The third kappa shape index (κ3) is 3.02. The fourth-order valence-corrected chi connectivity index (χ4v) is 5.32. The van der Waals surface area contributed by atoms with E-state index in [1.165, 1.54) is 42.4 Å². The number of benzene rings is 2. The summed E-state index contributed by atoms with van der Waals surface area (Å²) in [5, 5.41) is 19.6. The Bertz CT molecular complexity index is 819. The topological polar surface area (TPSA) is 40.5 Å². The van der Waals surface area contributed by atoms with Gasteiger partial charge in [0, 0.05) is 5.41 Å². The average molecular weight is 348 g/mol. The Labute approximate surface area is 156 Å². The highest BCUT2D eigenvalue weighted by molar-refractivity contribution is 5.45. The Morgan fingerprint density at radius 1 is 1.04 bits per heavy atom. The zero-order valence-electron chi connectivity index (χ0n) is 15.5. The lowest BCUT2D eigenvalue weighted by Gasteiger charge is -2.50. The van der Waals surface area contributed by atoms with Crippen molar-refractivity contribution in [2.45, 2.75) is 57.3 Å². The largest absolute Gasteiger partial charge is 0.508 e. The van der Waals surface area contributed by atoms with Gasteiger partial charge in [-0.1, -0.05) is 36.8 Å². The maximum Gasteiger partial charge on any atom is 0.115 e. The predicted octanol–water partition coefficient (Wildman–Crippen LogP) is 5.66. The van der Waals surface area contributed by atoms with Crippen molar-refractivity contribution in [2.75, 3.05) is 0 Å². The van der Waals surface area contributed by atoms with E-state index >= 15 is 0 Å². The highest BCUT2D eigenvalue weighted by Crippen LogP contribution is 2.53. The minimum atomic E-state index is 0.142. The molecule has 2 aromatic carbocycles. The second kappa shape index (κ2) is 6.83. The summed E-state index contributed by atoms with van der Waals surface area (Å²) in [4.78, 5) is 0. The molecule has 136 valence electrons. The van der Waals surface area contributed by atoms with Crippen LogP contribution in [0.15, 0.2) is 54.1 Å². The van der Waals surface area contributed by atoms with Crippen LogP contribution in [0.2, 0.25) is 0 Å². The van der Waals surface area contributed by atoms with Crippen LogP contribution in [-0.4, -0.2) is 10.2 Å². The Kier molecular flexibility index (Phi) is 4.52. The number of phenolic OH excluding ortho intramolecular Hbond substituents is 2. The third-order valence-corrected chi connectivity index (χ3v) is 6.52. The van der Waals surface area contributed by atoms with Crippen molar-refractivity contribution in [3.8, 4) is 11.5 Å². The molecular weight excluding hydrogens is 320 g/mol. The molecule has 0 amide bonds. The van der Waals surface area contributed by atoms with E-state index < -0.39 is 0 Å². The molecule has 0 aliphatic heterocycles. The lowest BCUT2D eigenvalue weighted by molar-refractivity contribution is 0.186. The van der Waals surface area contributed by atoms with E-state index in [0.29, 0.717) is 17.4 Å². The average Bonchev–Trinajstić information content (AvgIpc) is 2.64. The van der Waals surface area contributed by atoms with E-state index in [1.807, 2.05) is 12.1 Å². The molecule has 2 N–H and O–H groups in total. The van der Waals surface area contributed by atoms with Crippen LogP contribution >= 0.6 is 0 Å². The summed E-state index contributed by atoms with van der Waals surface area (Å²) in [7, 11) is 0. The zero-order valence-corrected chi connectivity index (χ0v) is 15.5. The maximum atomic E-state index is 9.96. The van der Waals surface area contributed by atoms with Gasteiger partial charge in [-0.05, 0) is 91.8 Å². The summed E-state index contributed by atoms with van der Waals surface area (Å²) in [6.45, 7) is 2.23. The molecule has 0 unspecified atom stereocenters. The van der Waals surface area contributed by atoms with Crippen molar-refractivity contribution in [1.82, 2.24) is 0 Å². The van der Waals surface area contributed by atoms with E-state index in [-0.39, 0.29) is 5.41 Å². The standard InChI is InChI=1S/C24H28O2/c1-2-3-17-12-13-24(16-18-4-8-21(25)9-5-18)20(14-17)7-6-19-15-22(26)10-11-23(19)24/h3-5,8-11,15,20,25-26H,2,6-7,12-14,16H2,1H3/t20-,24-/m0/s1. The van der Waals surface area contributed by atoms with Gasteiger partial charge in [-0.2, -0.15) is 0 Å². The molecule has 0 aromatic heterocycles. The lowest BCUT2D eigenvalue weighted by atomic mass is 9.54. The first kappa shape index (κ1) is 17.2. The first-order valence-electron chi connectivity index (χ1n) is 9.89. The van der Waals surface area contributed by atoms with Crippen LogP contribution in [0.5, 0.6) is 11.5 Å². The molecule has 2 aliphatic carbocycles. The maximum absolute atomic E-state index is 9.96. The van der Waals surface area contributed by atoms with Gasteiger partial charge in [0.2, 0.25) is 0 Å². The highest BCUT2D eigenvalue weighted by Gasteiger charge is 2.46. The van der Waals surface area contributed by atoms with E-state index in [2.05, 4.69) is 31.2 Å². The molecular formula is C24H28O2. The number of hydrogen-bond acceptors (Lipinski definition) is 2. The minimum Gasteiger partial charge on any atom is -0.508 e. The van der Waals surface area contributed by atoms with Crippen LogP contribution < -0.4 is 0 Å². The number of phenols is 2. The third-order valence-electron chi connectivity index (χ3n) is 6.52. The minimum absolute atomic E-state index is 0.142. The zero-order chi connectivity index (χ0) is 18.1. The van der Waals surface area contributed by atoms with E-state index in [0.717, 1.165) is 19.3 Å². The molecule has 0 spiro atoms. The SMILES string of the molecule is CCC=C1CC[C@@]2(Cc3ccc(O)cc3)c3ccc(O)cc3CC[C@H]2C1. The smallest absolute Gasteiger partial charge is 0.115 e. The summed E-state index contributed by atoms with van der Waals surface area (Å²) in [5.74, 6) is 1.36. The molecule has 1 fully saturated rings. The Balaban J connectivity index is 1.77. The van der Waals surface area contributed by atoms with Gasteiger partial charge >= 0.3 is 0 Å². The van der Waals surface area contributed by atoms with Crippen LogP contribution in [-0.2, 0) is 18.3 Å². The van der Waals surface area contributed by atoms with Crippen LogP contribution in [0, 0.1) is 5.92 Å². The van der Waals surface area contributed by atoms with E-state index in [4.69, 9.17) is 0 Å². The van der Waals surface area contributed by atoms with Crippen molar-refractivity contribution in [3.05, 3.63) is 70.8 Å². The van der Waals surface area contributed by atoms with E-state index in [9.17, 15) is 10.2 Å². The second-order valence-electron chi connectivity index (χ2n) is 8.05. The second-order valence-corrected chi connectivity index (χ2v) is 8.05. The van der Waals surface area contributed by atoms with Crippen molar-refractivity contribution >= 4 is 0 Å². The predicted molar refractivity (Wildman–Crippen MR) is 106 cm³/mol. The summed E-state index contributed by atoms with van der Waals surface area (Å²) in [6.07, 6.45) is 10.3. The molecule has 1 saturated carbocycles. The van der Waals surface area contributed by atoms with Crippen LogP contribution in [0.3, 0.4) is 0 Å². The molecule has 0 saturated heterocycles. The van der Waals surface area contributed by atoms with Gasteiger partial charge in [-0.25, -0.2) is 0 Å². The van der Waals surface area contributed by atoms with Crippen LogP contribution in [0.25, 0.3) is 0 Å². The normalized spacial score (nSPS) is 26.3. The van der Waals surface area contributed by atoms with Gasteiger partial charge in [0.1, 0.15) is 11.5 Å². The van der Waals surface area contributed by atoms with Gasteiger partial charge in [0.25, 0.3) is 0 Å². The first-order valence-corrected chi connectivity index (χ1v) is 9.89. The highest BCUT2D eigenvalue weighted by atomic mass is 16.3. The molecule has 2 aliphatic rings. The molecule has 4 rings (SSSR count). The van der Waals surface area contributed by atoms with Crippen molar-refractivity contribution in [3.63, 3.8) is 0 Å². The Morgan fingerprint density at radius 3 is 2.58 bits per heavy atom. The quantitative estimate of drug-likeness (QED) is 0.703. The summed E-state index contributed by atoms with van der Waals surface area (Å²) in [5.41, 5.74) is 5.82. The molecule has 2 nitrogen and oxygen atoms in total. The molecule has 2 atom stereocenters. The summed E-state index contributed by atoms with van der Waals surface area (Å²) >= 11 is 0. The first-order chi connectivity index (χ1) is 12.6. The summed E-state index contributed by atoms with van der Waals surface area (Å²) in [6, 6.07) is 13.7. The van der Waals surface area contributed by atoms with Crippen LogP contribution in [0.1, 0.15) is 55.7 Å². The number of rotatable bonds is 3. The number of aryl methyl sites for hydroxylation is 1. The fraction of sp³-hybridized carbons (Fsp3) is 0.417. The van der Waals surface area contributed by atoms with Gasteiger partial charge in [0.05, 0.1) is 0 Å². The van der Waals surface area contributed by atoms with Crippen LogP contribution in [0.4, 0.5) is 0 Å². The molecule has 0 radical (unpaired) electrons. The lowest BCUT2D eigenvalue weighted by Crippen LogP contribution is -2.44. The molecule has 0 heterocycles. The van der Waals surface area contributed by atoms with Gasteiger partial charge in [-0.3, -0.25) is 0 Å². The van der Waals surface area contributed by atoms with Crippen molar-refractivity contribution in [1.29, 1.82) is 0 Å². The number of allylic oxidation sites excluding steroid dienone is 2. The number of aromatic hydroxyl groups is 2. The summed E-state index contributed by atoms with van der Waals surface area (Å²) < 4.78 is 0. The van der Waals surface area contributed by atoms with Crippen molar-refractivity contribution < 1.29 is 10.2 Å². The van der Waals surface area contributed by atoms with Gasteiger partial charge in [0.15, 0.2) is 0 Å². The van der Waals surface area contributed by atoms with Gasteiger partial charge in [-0.15, -0.1) is 0 Å². The number of hydrogen-bond donors (Lipinski definition) is 2. The molecule has 26 heavy (non-hydrogen) atoms. The monoisotopic (exact) mass is 348 g/mol. The van der Waals surface area contributed by atoms with Gasteiger partial charge < -0.3 is 10.2 Å².